The van der Waals surface area contributed by atoms with Crippen LogP contribution in [-0.4, -0.2) is 34.3 Å². The Morgan fingerprint density at radius 2 is 1.44 bits per heavy atom. The summed E-state index contributed by atoms with van der Waals surface area (Å²) in [6.07, 6.45) is -0.0477. The van der Waals surface area contributed by atoms with E-state index in [9.17, 15) is 0 Å². The van der Waals surface area contributed by atoms with Crippen molar-refractivity contribution >= 4 is 8.80 Å². The summed E-state index contributed by atoms with van der Waals surface area (Å²) in [7, 11) is -2.55. The van der Waals surface area contributed by atoms with E-state index in [-0.39, 0.29) is 6.23 Å². The molecular weight excluding hydrogens is 246 g/mol. The highest BCUT2D eigenvalue weighted by Gasteiger charge is 2.42. The van der Waals surface area contributed by atoms with Gasteiger partial charge < -0.3 is 13.3 Å². The van der Waals surface area contributed by atoms with E-state index in [0.717, 1.165) is 6.04 Å². The summed E-state index contributed by atoms with van der Waals surface area (Å²) in [5, 5.41) is 3.34. The Morgan fingerprint density at radius 1 is 0.944 bits per heavy atom. The standard InChI is InChI=1S/C13H31NO3Si/c1-8-15-18(16-9-2,10-11(3)4)17-13(7)14-12(5)6/h11-14H,8-10H2,1-7H3. The van der Waals surface area contributed by atoms with Gasteiger partial charge in [0.25, 0.3) is 0 Å². The number of hydrogen-bond donors (Lipinski definition) is 1. The highest BCUT2D eigenvalue weighted by atomic mass is 28.4. The topological polar surface area (TPSA) is 39.7 Å². The summed E-state index contributed by atoms with van der Waals surface area (Å²) in [4.78, 5) is 0. The first-order valence-corrected chi connectivity index (χ1v) is 9.00. The SMILES string of the molecule is CCO[Si](CC(C)C)(OCC)OC(C)NC(C)C. The van der Waals surface area contributed by atoms with E-state index in [0.29, 0.717) is 25.2 Å². The lowest BCUT2D eigenvalue weighted by molar-refractivity contribution is 0.0214. The van der Waals surface area contributed by atoms with Crippen LogP contribution in [0.25, 0.3) is 0 Å². The minimum Gasteiger partial charge on any atom is -0.374 e. The van der Waals surface area contributed by atoms with Gasteiger partial charge in [-0.1, -0.05) is 13.8 Å². The largest absolute Gasteiger partial charge is 0.502 e. The van der Waals surface area contributed by atoms with E-state index in [2.05, 4.69) is 33.0 Å². The Morgan fingerprint density at radius 3 is 1.78 bits per heavy atom. The summed E-state index contributed by atoms with van der Waals surface area (Å²) in [6, 6.07) is 1.24. The fourth-order valence-electron chi connectivity index (χ4n) is 1.99. The Balaban J connectivity index is 4.68. The van der Waals surface area contributed by atoms with Gasteiger partial charge in [0, 0.05) is 25.3 Å². The zero-order valence-corrected chi connectivity index (χ0v) is 14.1. The summed E-state index contributed by atoms with van der Waals surface area (Å²) in [5.74, 6) is 0.501. The second-order valence-corrected chi connectivity index (χ2v) is 7.82. The van der Waals surface area contributed by atoms with Crippen LogP contribution >= 0.6 is 0 Å². The van der Waals surface area contributed by atoms with Crippen molar-refractivity contribution in [3.8, 4) is 0 Å². The van der Waals surface area contributed by atoms with Gasteiger partial charge in [0.1, 0.15) is 0 Å². The van der Waals surface area contributed by atoms with E-state index in [1.807, 2.05) is 20.8 Å². The van der Waals surface area contributed by atoms with E-state index in [1.165, 1.54) is 0 Å². The number of hydrogen-bond acceptors (Lipinski definition) is 4. The van der Waals surface area contributed by atoms with E-state index in [1.54, 1.807) is 0 Å². The molecule has 0 rings (SSSR count). The van der Waals surface area contributed by atoms with Crippen LogP contribution in [0.5, 0.6) is 0 Å². The molecule has 0 aromatic carbocycles. The van der Waals surface area contributed by atoms with Gasteiger partial charge in [0.2, 0.25) is 0 Å². The van der Waals surface area contributed by atoms with Crippen LogP contribution in [0.2, 0.25) is 6.04 Å². The first-order valence-electron chi connectivity index (χ1n) is 7.07. The summed E-state index contributed by atoms with van der Waals surface area (Å²) >= 11 is 0. The van der Waals surface area contributed by atoms with E-state index >= 15 is 0 Å². The van der Waals surface area contributed by atoms with E-state index < -0.39 is 8.80 Å². The predicted molar refractivity (Wildman–Crippen MR) is 77.5 cm³/mol. The lowest BCUT2D eigenvalue weighted by Crippen LogP contribution is -2.52. The molecule has 1 unspecified atom stereocenters. The van der Waals surface area contributed by atoms with Crippen molar-refractivity contribution in [3.05, 3.63) is 0 Å². The van der Waals surface area contributed by atoms with Crippen molar-refractivity contribution in [1.29, 1.82) is 0 Å². The molecule has 0 aliphatic carbocycles. The van der Waals surface area contributed by atoms with Gasteiger partial charge in [-0.3, -0.25) is 5.32 Å². The molecule has 0 aromatic heterocycles. The third kappa shape index (κ3) is 7.48. The van der Waals surface area contributed by atoms with Crippen LogP contribution in [0.1, 0.15) is 48.5 Å². The van der Waals surface area contributed by atoms with Gasteiger partial charge in [-0.25, -0.2) is 0 Å². The maximum atomic E-state index is 6.12. The molecule has 0 bridgehead atoms. The molecular formula is C13H31NO3Si. The van der Waals surface area contributed by atoms with Gasteiger partial charge in [-0.2, -0.15) is 0 Å². The Labute approximate surface area is 114 Å². The van der Waals surface area contributed by atoms with Gasteiger partial charge in [0.05, 0.1) is 6.23 Å². The fourth-order valence-corrected chi connectivity index (χ4v) is 5.03. The van der Waals surface area contributed by atoms with Crippen molar-refractivity contribution in [2.75, 3.05) is 13.2 Å². The Hall–Kier alpha value is 0.0569. The molecule has 1 N–H and O–H groups in total. The minimum atomic E-state index is -2.55. The summed E-state index contributed by atoms with van der Waals surface area (Å²) < 4.78 is 17.9. The normalized spacial score (nSPS) is 14.5. The third-order valence-corrected chi connectivity index (χ3v) is 5.80. The molecule has 5 heteroatoms. The fraction of sp³-hybridized carbons (Fsp3) is 1.00. The monoisotopic (exact) mass is 277 g/mol. The molecule has 0 fully saturated rings. The van der Waals surface area contributed by atoms with Crippen molar-refractivity contribution in [3.63, 3.8) is 0 Å². The van der Waals surface area contributed by atoms with Gasteiger partial charge >= 0.3 is 8.80 Å². The molecule has 0 heterocycles. The Bertz CT molecular complexity index is 206. The highest BCUT2D eigenvalue weighted by molar-refractivity contribution is 6.60. The highest BCUT2D eigenvalue weighted by Crippen LogP contribution is 2.22. The average Bonchev–Trinajstić information content (AvgIpc) is 2.14. The van der Waals surface area contributed by atoms with Crippen LogP contribution < -0.4 is 5.32 Å². The molecule has 0 aliphatic heterocycles. The zero-order chi connectivity index (χ0) is 14.2. The number of nitrogens with one attached hydrogen (secondary N) is 1. The molecule has 0 amide bonds. The summed E-state index contributed by atoms with van der Waals surface area (Å²) in [5.41, 5.74) is 0. The first kappa shape index (κ1) is 18.1. The van der Waals surface area contributed by atoms with Crippen LogP contribution in [-0.2, 0) is 13.3 Å². The predicted octanol–water partition coefficient (Wildman–Crippen LogP) is 3.01. The Kier molecular flexibility index (Phi) is 9.07. The van der Waals surface area contributed by atoms with Crippen LogP contribution in [0.3, 0.4) is 0 Å². The zero-order valence-electron chi connectivity index (χ0n) is 13.1. The van der Waals surface area contributed by atoms with Crippen molar-refractivity contribution in [2.45, 2.75) is 66.8 Å². The maximum absolute atomic E-state index is 6.12. The average molecular weight is 277 g/mol. The van der Waals surface area contributed by atoms with Crippen LogP contribution in [0.4, 0.5) is 0 Å². The van der Waals surface area contributed by atoms with Crippen molar-refractivity contribution in [1.82, 2.24) is 5.32 Å². The maximum Gasteiger partial charge on any atom is 0.502 e. The van der Waals surface area contributed by atoms with Crippen molar-refractivity contribution < 1.29 is 13.3 Å². The van der Waals surface area contributed by atoms with E-state index in [4.69, 9.17) is 13.3 Å². The number of rotatable bonds is 10. The van der Waals surface area contributed by atoms with Crippen LogP contribution in [0.15, 0.2) is 0 Å². The summed E-state index contributed by atoms with van der Waals surface area (Å²) in [6.45, 7) is 15.8. The third-order valence-electron chi connectivity index (χ3n) is 2.31. The first-order chi connectivity index (χ1) is 8.35. The molecule has 0 radical (unpaired) electrons. The van der Waals surface area contributed by atoms with Crippen LogP contribution in [0, 0.1) is 5.92 Å². The molecule has 4 nitrogen and oxygen atoms in total. The van der Waals surface area contributed by atoms with Crippen molar-refractivity contribution in [2.24, 2.45) is 5.92 Å². The lowest BCUT2D eigenvalue weighted by Gasteiger charge is -2.33. The lowest BCUT2D eigenvalue weighted by atomic mass is 10.3. The van der Waals surface area contributed by atoms with Gasteiger partial charge in [0.15, 0.2) is 0 Å². The molecule has 18 heavy (non-hydrogen) atoms. The quantitative estimate of drug-likeness (QED) is 0.492. The minimum absolute atomic E-state index is 0.0477. The molecule has 110 valence electrons. The molecule has 0 saturated carbocycles. The van der Waals surface area contributed by atoms with Gasteiger partial charge in [-0.15, -0.1) is 0 Å². The molecule has 1 atom stereocenters. The smallest absolute Gasteiger partial charge is 0.374 e. The second-order valence-electron chi connectivity index (χ2n) is 5.23. The molecule has 0 saturated heterocycles. The molecule has 0 aromatic rings. The van der Waals surface area contributed by atoms with Gasteiger partial charge in [-0.05, 0) is 40.5 Å². The molecule has 0 spiro atoms. The second kappa shape index (κ2) is 9.04. The molecule has 0 aliphatic rings.